The van der Waals surface area contributed by atoms with Crippen molar-refractivity contribution < 1.29 is 0 Å². The van der Waals surface area contributed by atoms with Gasteiger partial charge in [0.25, 0.3) is 0 Å². The minimum atomic E-state index is 1.25. The third-order valence-electron chi connectivity index (χ3n) is 1.63. The van der Waals surface area contributed by atoms with Gasteiger partial charge < -0.3 is 0 Å². The molecule has 1 fully saturated rings. The molecule has 9 heavy (non-hydrogen) atoms. The molecule has 0 bridgehead atoms. The zero-order valence-electron chi connectivity index (χ0n) is 5.34. The van der Waals surface area contributed by atoms with Crippen molar-refractivity contribution in [2.75, 3.05) is 13.1 Å². The SMILES string of the molecule is [Se]=C([SeH])N1CCCCC1. The average Bonchev–Trinajstić information content (AvgIpc) is 1.90. The van der Waals surface area contributed by atoms with Gasteiger partial charge in [0.1, 0.15) is 0 Å². The van der Waals surface area contributed by atoms with Gasteiger partial charge in [0.2, 0.25) is 0 Å². The third-order valence-corrected chi connectivity index (χ3v) is 2.76. The predicted octanol–water partition coefficient (Wildman–Crippen LogP) is -0.371. The topological polar surface area (TPSA) is 3.24 Å². The van der Waals surface area contributed by atoms with E-state index in [0.29, 0.717) is 0 Å². The average molecular weight is 255 g/mol. The summed E-state index contributed by atoms with van der Waals surface area (Å²) in [5, 5.41) is 0. The Morgan fingerprint density at radius 3 is 2.11 bits per heavy atom. The maximum atomic E-state index is 3.02. The van der Waals surface area contributed by atoms with Crippen molar-refractivity contribution in [1.29, 1.82) is 0 Å². The third kappa shape index (κ3) is 2.43. The van der Waals surface area contributed by atoms with Crippen LogP contribution in [-0.2, 0) is 0 Å². The van der Waals surface area contributed by atoms with Gasteiger partial charge in [-0.2, -0.15) is 0 Å². The molecule has 0 spiro atoms. The van der Waals surface area contributed by atoms with E-state index >= 15 is 0 Å². The number of hydrogen-bond donors (Lipinski definition) is 0. The van der Waals surface area contributed by atoms with Crippen LogP contribution in [0, 0.1) is 0 Å². The molecular weight excluding hydrogens is 244 g/mol. The Balaban J connectivity index is 2.31. The molecule has 0 N–H and O–H groups in total. The van der Waals surface area contributed by atoms with Gasteiger partial charge in [-0.25, -0.2) is 0 Å². The van der Waals surface area contributed by atoms with Gasteiger partial charge in [-0.15, -0.1) is 0 Å². The Kier molecular flexibility index (Phi) is 3.28. The van der Waals surface area contributed by atoms with Gasteiger partial charge in [-0.05, 0) is 0 Å². The molecule has 0 radical (unpaired) electrons. The molecule has 3 heteroatoms. The van der Waals surface area contributed by atoms with Crippen LogP contribution in [0.1, 0.15) is 19.3 Å². The molecule has 0 atom stereocenters. The summed E-state index contributed by atoms with van der Waals surface area (Å²) < 4.78 is 1.29. The van der Waals surface area contributed by atoms with Gasteiger partial charge in [0.15, 0.2) is 0 Å². The fourth-order valence-corrected chi connectivity index (χ4v) is 1.89. The van der Waals surface area contributed by atoms with Crippen LogP contribution in [0.15, 0.2) is 0 Å². The van der Waals surface area contributed by atoms with Crippen molar-refractivity contribution in [3.8, 4) is 0 Å². The van der Waals surface area contributed by atoms with Crippen LogP contribution >= 0.6 is 0 Å². The standard InChI is InChI=1S/C6H11NSe2/c8-6(9)7-4-2-1-3-5-7/h1-5H2,(H,8,9). The summed E-state index contributed by atoms with van der Waals surface area (Å²) in [5.74, 6) is 0. The molecule has 1 nitrogen and oxygen atoms in total. The Morgan fingerprint density at radius 1 is 1.22 bits per heavy atom. The van der Waals surface area contributed by atoms with Crippen molar-refractivity contribution in [3.05, 3.63) is 0 Å². The van der Waals surface area contributed by atoms with E-state index < -0.39 is 0 Å². The van der Waals surface area contributed by atoms with Crippen LogP contribution in [0.4, 0.5) is 0 Å². The first-order chi connectivity index (χ1) is 4.30. The number of hydrogen-bond acceptors (Lipinski definition) is 1. The van der Waals surface area contributed by atoms with Crippen molar-refractivity contribution >= 4 is 35.0 Å². The zero-order valence-corrected chi connectivity index (χ0v) is 8.93. The summed E-state index contributed by atoms with van der Waals surface area (Å²) >= 11 is 5.59. The quantitative estimate of drug-likeness (QED) is 0.578. The van der Waals surface area contributed by atoms with Gasteiger partial charge in [0, 0.05) is 0 Å². The summed E-state index contributed by atoms with van der Waals surface area (Å²) in [4.78, 5) is 2.39. The first-order valence-corrected chi connectivity index (χ1v) is 5.08. The van der Waals surface area contributed by atoms with E-state index in [1.807, 2.05) is 0 Å². The molecule has 0 aromatic rings. The van der Waals surface area contributed by atoms with E-state index in [9.17, 15) is 0 Å². The van der Waals surface area contributed by atoms with Gasteiger partial charge in [-0.3, -0.25) is 0 Å². The van der Waals surface area contributed by atoms with E-state index in [-0.39, 0.29) is 0 Å². The summed E-state index contributed by atoms with van der Waals surface area (Å²) in [6.07, 6.45) is 4.14. The molecule has 0 aromatic heterocycles. The number of nitrogens with zero attached hydrogens (tertiary/aromatic N) is 1. The monoisotopic (exact) mass is 257 g/mol. The Morgan fingerprint density at radius 2 is 1.78 bits per heavy atom. The Bertz CT molecular complexity index is 108. The van der Waals surface area contributed by atoms with Crippen LogP contribution in [0.2, 0.25) is 0 Å². The van der Waals surface area contributed by atoms with Crippen LogP contribution in [-0.4, -0.2) is 53.0 Å². The molecule has 0 saturated carbocycles. The predicted molar refractivity (Wildman–Crippen MR) is 43.3 cm³/mol. The van der Waals surface area contributed by atoms with Crippen molar-refractivity contribution in [1.82, 2.24) is 4.90 Å². The van der Waals surface area contributed by atoms with Gasteiger partial charge in [-0.1, -0.05) is 0 Å². The maximum absolute atomic E-state index is 3.02. The van der Waals surface area contributed by atoms with Crippen molar-refractivity contribution in [3.63, 3.8) is 0 Å². The molecule has 1 aliphatic heterocycles. The normalized spacial score (nSPS) is 19.9. The number of rotatable bonds is 1. The summed E-state index contributed by atoms with van der Waals surface area (Å²) in [6, 6.07) is 0. The Hall–Kier alpha value is 0.709. The number of likely N-dealkylation sites (tertiary alicyclic amines) is 1. The van der Waals surface area contributed by atoms with E-state index in [1.54, 1.807) is 0 Å². The van der Waals surface area contributed by atoms with Crippen LogP contribution in [0.25, 0.3) is 0 Å². The van der Waals surface area contributed by atoms with E-state index in [2.05, 4.69) is 36.5 Å². The molecule has 0 aromatic carbocycles. The molecule has 0 unspecified atom stereocenters. The van der Waals surface area contributed by atoms with Crippen molar-refractivity contribution in [2.45, 2.75) is 19.3 Å². The Labute approximate surface area is 72.4 Å². The molecule has 1 heterocycles. The van der Waals surface area contributed by atoms with Crippen LogP contribution < -0.4 is 0 Å². The first-order valence-electron chi connectivity index (χ1n) is 3.28. The molecule has 52 valence electrons. The van der Waals surface area contributed by atoms with E-state index in [4.69, 9.17) is 0 Å². The van der Waals surface area contributed by atoms with E-state index in [0.717, 1.165) is 0 Å². The van der Waals surface area contributed by atoms with Crippen LogP contribution in [0.5, 0.6) is 0 Å². The van der Waals surface area contributed by atoms with E-state index in [1.165, 1.54) is 35.8 Å². The van der Waals surface area contributed by atoms with Crippen LogP contribution in [0.3, 0.4) is 0 Å². The zero-order chi connectivity index (χ0) is 6.69. The summed E-state index contributed by atoms with van der Waals surface area (Å²) in [7, 11) is 0. The van der Waals surface area contributed by atoms with Gasteiger partial charge in [0.05, 0.1) is 0 Å². The second-order valence-corrected chi connectivity index (χ2v) is 5.51. The van der Waals surface area contributed by atoms with Gasteiger partial charge >= 0.3 is 72.3 Å². The summed E-state index contributed by atoms with van der Waals surface area (Å²) in [5.41, 5.74) is 0. The molecule has 0 aliphatic carbocycles. The fraction of sp³-hybridized carbons (Fsp3) is 0.833. The van der Waals surface area contributed by atoms with Crippen molar-refractivity contribution in [2.24, 2.45) is 0 Å². The first kappa shape index (κ1) is 7.81. The molecule has 1 saturated heterocycles. The molecule has 1 rings (SSSR count). The molecular formula is C6H11NSe2. The minimum absolute atomic E-state index is 1.25. The second kappa shape index (κ2) is 3.78. The fourth-order valence-electron chi connectivity index (χ4n) is 1.09. The molecule has 1 aliphatic rings. The second-order valence-electron chi connectivity index (χ2n) is 2.33. The summed E-state index contributed by atoms with van der Waals surface area (Å²) in [6.45, 7) is 2.49. The number of piperidine rings is 1. The molecule has 0 amide bonds.